The fourth-order valence-corrected chi connectivity index (χ4v) is 3.58. The Morgan fingerprint density at radius 1 is 1.00 bits per heavy atom. The Bertz CT molecular complexity index is 484. The maximum atomic E-state index is 10.4. The molecule has 2 atom stereocenters. The number of hydrogen-bond acceptors (Lipinski definition) is 2. The monoisotopic (exact) mass is 242 g/mol. The molecule has 0 spiro atoms. The molecule has 1 aliphatic heterocycles. The van der Waals surface area contributed by atoms with Crippen LogP contribution in [0.3, 0.4) is 0 Å². The highest BCUT2D eigenvalue weighted by atomic mass is 32.2. The molecule has 0 saturated carbocycles. The van der Waals surface area contributed by atoms with Crippen LogP contribution in [-0.4, -0.2) is 10.4 Å². The third-order valence-corrected chi connectivity index (χ3v) is 4.54. The summed E-state index contributed by atoms with van der Waals surface area (Å²) < 4.78 is 0. The third kappa shape index (κ3) is 2.11. The summed E-state index contributed by atoms with van der Waals surface area (Å²) in [6.07, 6.45) is 0.574. The summed E-state index contributed by atoms with van der Waals surface area (Å²) in [6.45, 7) is 0. The minimum atomic E-state index is -0.381. The van der Waals surface area contributed by atoms with E-state index in [1.54, 1.807) is 11.8 Å². The molecule has 0 radical (unpaired) electrons. The number of thioether (sulfide) groups is 1. The van der Waals surface area contributed by atoms with Gasteiger partial charge in [-0.2, -0.15) is 0 Å². The van der Waals surface area contributed by atoms with Gasteiger partial charge >= 0.3 is 0 Å². The molecule has 0 saturated heterocycles. The van der Waals surface area contributed by atoms with E-state index < -0.39 is 0 Å². The molecule has 0 aromatic heterocycles. The molecule has 0 aliphatic carbocycles. The zero-order valence-corrected chi connectivity index (χ0v) is 10.2. The van der Waals surface area contributed by atoms with Crippen molar-refractivity contribution >= 4 is 11.8 Å². The minimum absolute atomic E-state index is 0.245. The molecule has 2 aromatic rings. The van der Waals surface area contributed by atoms with Crippen LogP contribution in [0.1, 0.15) is 17.2 Å². The molecule has 1 N–H and O–H groups in total. The molecule has 1 heterocycles. The summed E-state index contributed by atoms with van der Waals surface area (Å²) in [6, 6.07) is 18.3. The van der Waals surface area contributed by atoms with Crippen molar-refractivity contribution in [3.8, 4) is 0 Å². The van der Waals surface area contributed by atoms with Crippen molar-refractivity contribution in [2.24, 2.45) is 0 Å². The van der Waals surface area contributed by atoms with Crippen LogP contribution < -0.4 is 0 Å². The number of rotatable bonds is 2. The fourth-order valence-electron chi connectivity index (χ4n) is 2.25. The van der Waals surface area contributed by atoms with E-state index in [1.807, 2.05) is 30.3 Å². The zero-order valence-electron chi connectivity index (χ0n) is 9.41. The number of hydrogen-bond donors (Lipinski definition) is 1. The van der Waals surface area contributed by atoms with Crippen LogP contribution in [0.25, 0.3) is 0 Å². The average molecular weight is 242 g/mol. The first-order valence-electron chi connectivity index (χ1n) is 5.82. The number of aliphatic hydroxyl groups excluding tert-OH is 1. The van der Waals surface area contributed by atoms with Gasteiger partial charge in [-0.1, -0.05) is 48.5 Å². The topological polar surface area (TPSA) is 20.2 Å². The van der Waals surface area contributed by atoms with Gasteiger partial charge in [0.05, 0.1) is 6.10 Å². The maximum absolute atomic E-state index is 10.4. The molecule has 2 unspecified atom stereocenters. The molecule has 2 heteroatoms. The molecule has 0 bridgehead atoms. The van der Waals surface area contributed by atoms with Crippen LogP contribution in [0.4, 0.5) is 0 Å². The van der Waals surface area contributed by atoms with Crippen molar-refractivity contribution in [2.75, 3.05) is 0 Å². The van der Waals surface area contributed by atoms with Crippen molar-refractivity contribution in [1.82, 2.24) is 0 Å². The van der Waals surface area contributed by atoms with Gasteiger partial charge < -0.3 is 5.11 Å². The van der Waals surface area contributed by atoms with Crippen molar-refractivity contribution in [3.63, 3.8) is 0 Å². The first kappa shape index (κ1) is 10.9. The highest BCUT2D eigenvalue weighted by molar-refractivity contribution is 8.00. The van der Waals surface area contributed by atoms with Crippen molar-refractivity contribution < 1.29 is 5.11 Å². The third-order valence-electron chi connectivity index (χ3n) is 3.17. The first-order chi connectivity index (χ1) is 8.34. The Hall–Kier alpha value is -1.25. The fraction of sp³-hybridized carbons (Fsp3) is 0.200. The van der Waals surface area contributed by atoms with Gasteiger partial charge in [-0.3, -0.25) is 0 Å². The highest BCUT2D eigenvalue weighted by Crippen LogP contribution is 2.42. The molecule has 3 rings (SSSR count). The minimum Gasteiger partial charge on any atom is -0.387 e. The van der Waals surface area contributed by atoms with E-state index in [4.69, 9.17) is 0 Å². The summed E-state index contributed by atoms with van der Waals surface area (Å²) in [4.78, 5) is 1.31. The maximum Gasteiger partial charge on any atom is 0.0915 e. The van der Waals surface area contributed by atoms with Crippen LogP contribution in [-0.2, 0) is 6.42 Å². The van der Waals surface area contributed by atoms with E-state index in [0.717, 1.165) is 12.0 Å². The van der Waals surface area contributed by atoms with E-state index in [9.17, 15) is 5.11 Å². The Labute approximate surface area is 105 Å². The number of benzene rings is 2. The van der Waals surface area contributed by atoms with Gasteiger partial charge in [0.25, 0.3) is 0 Å². The summed E-state index contributed by atoms with van der Waals surface area (Å²) in [5.74, 6) is 0. The van der Waals surface area contributed by atoms with Crippen LogP contribution in [0, 0.1) is 0 Å². The average Bonchev–Trinajstić information content (AvgIpc) is 2.82. The van der Waals surface area contributed by atoms with Crippen LogP contribution in [0.5, 0.6) is 0 Å². The van der Waals surface area contributed by atoms with E-state index in [-0.39, 0.29) is 11.4 Å². The Morgan fingerprint density at radius 2 is 1.71 bits per heavy atom. The zero-order chi connectivity index (χ0) is 11.7. The smallest absolute Gasteiger partial charge is 0.0915 e. The van der Waals surface area contributed by atoms with Crippen molar-refractivity contribution in [3.05, 3.63) is 65.7 Å². The summed E-state index contributed by atoms with van der Waals surface area (Å²) in [7, 11) is 0. The summed E-state index contributed by atoms with van der Waals surface area (Å²) >= 11 is 1.79. The first-order valence-corrected chi connectivity index (χ1v) is 6.70. The Kier molecular flexibility index (Phi) is 2.91. The lowest BCUT2D eigenvalue weighted by molar-refractivity contribution is 0.175. The molecule has 2 aromatic carbocycles. The molecule has 1 nitrogen and oxygen atoms in total. The molecule has 0 amide bonds. The second-order valence-corrected chi connectivity index (χ2v) is 5.60. The lowest BCUT2D eigenvalue weighted by Crippen LogP contribution is -2.13. The second kappa shape index (κ2) is 4.55. The van der Waals surface area contributed by atoms with Crippen molar-refractivity contribution in [2.45, 2.75) is 22.7 Å². The highest BCUT2D eigenvalue weighted by Gasteiger charge is 2.28. The van der Waals surface area contributed by atoms with E-state index >= 15 is 0 Å². The molecular formula is C15H14OS. The molecule has 1 aliphatic rings. The second-order valence-electron chi connectivity index (χ2n) is 4.32. The van der Waals surface area contributed by atoms with Crippen LogP contribution in [0.15, 0.2) is 59.5 Å². The SMILES string of the molecule is OC(c1ccccc1)C1Cc2ccccc2S1. The predicted octanol–water partition coefficient (Wildman–Crippen LogP) is 3.44. The Morgan fingerprint density at radius 3 is 2.47 bits per heavy atom. The van der Waals surface area contributed by atoms with E-state index in [0.29, 0.717) is 0 Å². The van der Waals surface area contributed by atoms with Gasteiger partial charge in [-0.15, -0.1) is 11.8 Å². The number of aliphatic hydroxyl groups is 1. The quantitative estimate of drug-likeness (QED) is 0.870. The van der Waals surface area contributed by atoms with Crippen LogP contribution in [0.2, 0.25) is 0 Å². The van der Waals surface area contributed by atoms with Gasteiger partial charge in [-0.25, -0.2) is 0 Å². The van der Waals surface area contributed by atoms with Gasteiger partial charge in [0.1, 0.15) is 0 Å². The van der Waals surface area contributed by atoms with Crippen LogP contribution >= 0.6 is 11.8 Å². The van der Waals surface area contributed by atoms with Gasteiger partial charge in [0, 0.05) is 10.1 Å². The lowest BCUT2D eigenvalue weighted by Gasteiger charge is -2.17. The van der Waals surface area contributed by atoms with Gasteiger partial charge in [-0.05, 0) is 23.6 Å². The predicted molar refractivity (Wildman–Crippen MR) is 71.2 cm³/mol. The number of fused-ring (bicyclic) bond motifs is 1. The van der Waals surface area contributed by atoms with Gasteiger partial charge in [0.15, 0.2) is 0 Å². The summed E-state index contributed by atoms with van der Waals surface area (Å²) in [5, 5.41) is 10.6. The summed E-state index contributed by atoms with van der Waals surface area (Å²) in [5.41, 5.74) is 2.37. The normalized spacial score (nSPS) is 19.9. The molecule has 0 fully saturated rings. The lowest BCUT2D eigenvalue weighted by atomic mass is 10.0. The van der Waals surface area contributed by atoms with E-state index in [2.05, 4.69) is 24.3 Å². The van der Waals surface area contributed by atoms with Gasteiger partial charge in [0.2, 0.25) is 0 Å². The molecule has 17 heavy (non-hydrogen) atoms. The largest absolute Gasteiger partial charge is 0.387 e. The molecule has 86 valence electrons. The Balaban J connectivity index is 1.81. The molecular weight excluding hydrogens is 228 g/mol. The standard InChI is InChI=1S/C15H14OS/c16-15(11-6-2-1-3-7-11)14-10-12-8-4-5-9-13(12)17-14/h1-9,14-16H,10H2. The van der Waals surface area contributed by atoms with E-state index in [1.165, 1.54) is 10.5 Å². The van der Waals surface area contributed by atoms with Crippen molar-refractivity contribution in [1.29, 1.82) is 0 Å².